The van der Waals surface area contributed by atoms with Gasteiger partial charge in [-0.2, -0.15) is 5.10 Å². The maximum Gasteiger partial charge on any atom is 0.325 e. The van der Waals surface area contributed by atoms with Crippen molar-refractivity contribution >= 4 is 16.0 Å². The Morgan fingerprint density at radius 2 is 1.95 bits per heavy atom. The molecule has 0 amide bonds. The Morgan fingerprint density at radius 3 is 2.57 bits per heavy atom. The van der Waals surface area contributed by atoms with Crippen LogP contribution in [0.1, 0.15) is 5.56 Å². The normalized spacial score (nSPS) is 11.4. The predicted molar refractivity (Wildman–Crippen MR) is 72.0 cm³/mol. The highest BCUT2D eigenvalue weighted by atomic mass is 32.2. The molecule has 8 nitrogen and oxygen atoms in total. The molecular weight excluding hydrogens is 298 g/mol. The van der Waals surface area contributed by atoms with Crippen molar-refractivity contribution in [3.8, 4) is 5.75 Å². The number of carboxylic acid groups (broad SMARTS) is 1. The van der Waals surface area contributed by atoms with Crippen molar-refractivity contribution in [1.29, 1.82) is 0 Å². The lowest BCUT2D eigenvalue weighted by Crippen LogP contribution is -2.22. The summed E-state index contributed by atoms with van der Waals surface area (Å²) in [7, 11) is -3.77. The topological polar surface area (TPSA) is 122 Å². The molecule has 0 spiro atoms. The maximum absolute atomic E-state index is 12.0. The third-order valence-electron chi connectivity index (χ3n) is 2.62. The highest BCUT2D eigenvalue weighted by Gasteiger charge is 2.16. The Bertz CT molecular complexity index is 737. The van der Waals surface area contributed by atoms with Crippen LogP contribution in [0.25, 0.3) is 0 Å². The van der Waals surface area contributed by atoms with Gasteiger partial charge < -0.3 is 10.2 Å². The molecule has 112 valence electrons. The molecule has 0 saturated carbocycles. The molecule has 1 aromatic carbocycles. The molecular formula is C12H13N3O5S. The number of rotatable bonds is 6. The summed E-state index contributed by atoms with van der Waals surface area (Å²) in [6.45, 7) is -0.361. The molecule has 0 radical (unpaired) electrons. The summed E-state index contributed by atoms with van der Waals surface area (Å²) in [5, 5.41) is 21.4. The van der Waals surface area contributed by atoms with Gasteiger partial charge in [0.15, 0.2) is 0 Å². The van der Waals surface area contributed by atoms with Crippen molar-refractivity contribution in [3.05, 3.63) is 42.2 Å². The molecule has 0 aliphatic carbocycles. The first-order valence-electron chi connectivity index (χ1n) is 5.88. The second-order valence-electron chi connectivity index (χ2n) is 4.26. The van der Waals surface area contributed by atoms with Crippen molar-refractivity contribution in [2.24, 2.45) is 0 Å². The van der Waals surface area contributed by atoms with E-state index in [4.69, 9.17) is 10.2 Å². The van der Waals surface area contributed by atoms with Gasteiger partial charge >= 0.3 is 5.97 Å². The number of sulfonamides is 1. The van der Waals surface area contributed by atoms with Gasteiger partial charge in [0.1, 0.15) is 17.2 Å². The van der Waals surface area contributed by atoms with Crippen molar-refractivity contribution in [1.82, 2.24) is 14.5 Å². The number of carbonyl (C=O) groups is 1. The zero-order valence-electron chi connectivity index (χ0n) is 10.8. The molecule has 0 aliphatic rings. The third kappa shape index (κ3) is 4.04. The number of phenolic OH excluding ortho intramolecular Hbond substituents is 1. The summed E-state index contributed by atoms with van der Waals surface area (Å²) < 4.78 is 27.4. The van der Waals surface area contributed by atoms with Crippen LogP contribution in [0.5, 0.6) is 5.75 Å². The maximum atomic E-state index is 12.0. The molecule has 3 N–H and O–H groups in total. The first-order valence-corrected chi connectivity index (χ1v) is 7.37. The van der Waals surface area contributed by atoms with E-state index in [1.165, 1.54) is 12.1 Å². The largest absolute Gasteiger partial charge is 0.508 e. The van der Waals surface area contributed by atoms with Crippen molar-refractivity contribution in [3.63, 3.8) is 0 Å². The summed E-state index contributed by atoms with van der Waals surface area (Å²) >= 11 is 0. The Kier molecular flexibility index (Phi) is 4.24. The molecule has 2 rings (SSSR count). The average molecular weight is 311 g/mol. The number of aromatic nitrogens is 2. The van der Waals surface area contributed by atoms with Crippen LogP contribution in [0.15, 0.2) is 41.6 Å². The molecule has 0 fully saturated rings. The van der Waals surface area contributed by atoms with Crippen LogP contribution in [-0.4, -0.2) is 34.4 Å². The number of benzene rings is 1. The van der Waals surface area contributed by atoms with Gasteiger partial charge in [-0.15, -0.1) is 0 Å². The van der Waals surface area contributed by atoms with Gasteiger partial charge in [-0.05, 0) is 17.7 Å². The van der Waals surface area contributed by atoms with Crippen LogP contribution in [-0.2, 0) is 27.9 Å². The molecule has 0 unspecified atom stereocenters. The van der Waals surface area contributed by atoms with Gasteiger partial charge in [0.25, 0.3) is 0 Å². The number of nitrogens with zero attached hydrogens (tertiary/aromatic N) is 2. The quantitative estimate of drug-likeness (QED) is 0.698. The minimum absolute atomic E-state index is 0.0483. The van der Waals surface area contributed by atoms with Crippen LogP contribution < -0.4 is 4.72 Å². The van der Waals surface area contributed by atoms with Crippen LogP contribution >= 0.6 is 0 Å². The van der Waals surface area contributed by atoms with E-state index in [9.17, 15) is 13.2 Å². The molecule has 0 saturated heterocycles. The number of hydrogen-bond acceptors (Lipinski definition) is 5. The Morgan fingerprint density at radius 1 is 1.29 bits per heavy atom. The summed E-state index contributed by atoms with van der Waals surface area (Å²) in [5.41, 5.74) is 0.675. The second kappa shape index (κ2) is 5.94. The number of carboxylic acids is 1. The van der Waals surface area contributed by atoms with E-state index in [-0.39, 0.29) is 17.2 Å². The van der Waals surface area contributed by atoms with Crippen molar-refractivity contribution < 1.29 is 23.4 Å². The number of nitrogens with one attached hydrogen (secondary N) is 1. The van der Waals surface area contributed by atoms with E-state index in [2.05, 4.69) is 9.82 Å². The Labute approximate surface area is 120 Å². The summed E-state index contributed by atoms with van der Waals surface area (Å²) in [6.07, 6.45) is 2.23. The number of hydrogen-bond donors (Lipinski definition) is 3. The molecule has 9 heteroatoms. The van der Waals surface area contributed by atoms with Gasteiger partial charge in [0.2, 0.25) is 10.0 Å². The van der Waals surface area contributed by atoms with Crippen LogP contribution in [0.2, 0.25) is 0 Å². The first-order chi connectivity index (χ1) is 9.87. The smallest absolute Gasteiger partial charge is 0.325 e. The fourth-order valence-corrected chi connectivity index (χ4v) is 2.55. The first kappa shape index (κ1) is 15.0. The van der Waals surface area contributed by atoms with Gasteiger partial charge in [-0.3, -0.25) is 9.48 Å². The summed E-state index contributed by atoms with van der Waals surface area (Å²) in [5.74, 6) is -1.02. The van der Waals surface area contributed by atoms with Crippen LogP contribution in [0, 0.1) is 0 Å². The van der Waals surface area contributed by atoms with Crippen molar-refractivity contribution in [2.75, 3.05) is 0 Å². The fourth-order valence-electron chi connectivity index (χ4n) is 1.58. The van der Waals surface area contributed by atoms with E-state index in [1.807, 2.05) is 0 Å². The van der Waals surface area contributed by atoms with Crippen LogP contribution in [0.4, 0.5) is 0 Å². The SMILES string of the molecule is O=C(O)Cn1cc(S(=O)(=O)NCc2ccc(O)cc2)cn1. The van der Waals surface area contributed by atoms with E-state index in [1.54, 1.807) is 12.1 Å². The van der Waals surface area contributed by atoms with Crippen LogP contribution in [0.3, 0.4) is 0 Å². The minimum atomic E-state index is -3.77. The molecule has 1 heterocycles. The summed E-state index contributed by atoms with van der Waals surface area (Å²) in [6, 6.07) is 6.08. The highest BCUT2D eigenvalue weighted by Crippen LogP contribution is 2.11. The average Bonchev–Trinajstić information content (AvgIpc) is 2.86. The third-order valence-corrected chi connectivity index (χ3v) is 3.98. The Hall–Kier alpha value is -2.39. The highest BCUT2D eigenvalue weighted by molar-refractivity contribution is 7.89. The van der Waals surface area contributed by atoms with Gasteiger partial charge in [0, 0.05) is 12.7 Å². The van der Waals surface area contributed by atoms with E-state index < -0.39 is 22.5 Å². The fraction of sp³-hybridized carbons (Fsp3) is 0.167. The van der Waals surface area contributed by atoms with Gasteiger partial charge in [-0.1, -0.05) is 12.1 Å². The zero-order chi connectivity index (χ0) is 15.5. The van der Waals surface area contributed by atoms with E-state index in [0.717, 1.165) is 17.1 Å². The predicted octanol–water partition coefficient (Wildman–Crippen LogP) is 0.152. The molecule has 21 heavy (non-hydrogen) atoms. The molecule has 2 aromatic rings. The number of aromatic hydroxyl groups is 1. The van der Waals surface area contributed by atoms with Crippen molar-refractivity contribution in [2.45, 2.75) is 18.0 Å². The number of phenols is 1. The Balaban J connectivity index is 2.06. The lowest BCUT2D eigenvalue weighted by molar-refractivity contribution is -0.137. The molecule has 0 bridgehead atoms. The standard InChI is InChI=1S/C12H13N3O5S/c16-10-3-1-9(2-4-10)5-14-21(19,20)11-6-13-15(7-11)8-12(17)18/h1-4,6-7,14,16H,5,8H2,(H,17,18). The monoisotopic (exact) mass is 311 g/mol. The lowest BCUT2D eigenvalue weighted by Gasteiger charge is -2.05. The minimum Gasteiger partial charge on any atom is -0.508 e. The van der Waals surface area contributed by atoms with E-state index >= 15 is 0 Å². The molecule has 1 aromatic heterocycles. The molecule has 0 aliphatic heterocycles. The second-order valence-corrected chi connectivity index (χ2v) is 6.03. The molecule has 0 atom stereocenters. The van der Waals surface area contributed by atoms with Gasteiger partial charge in [0.05, 0.1) is 6.20 Å². The lowest BCUT2D eigenvalue weighted by atomic mass is 10.2. The van der Waals surface area contributed by atoms with Gasteiger partial charge in [-0.25, -0.2) is 13.1 Å². The summed E-state index contributed by atoms with van der Waals surface area (Å²) in [4.78, 5) is 10.4. The van der Waals surface area contributed by atoms with E-state index in [0.29, 0.717) is 5.56 Å². The number of aliphatic carboxylic acids is 1. The zero-order valence-corrected chi connectivity index (χ0v) is 11.6.